The molecule has 3 N–H and O–H groups in total. The monoisotopic (exact) mass is 207 g/mol. The Morgan fingerprint density at radius 3 is 2.67 bits per heavy atom. The molecule has 0 aromatic heterocycles. The number of phenolic OH excluding ortho intramolecular Hbond substituents is 1. The van der Waals surface area contributed by atoms with Crippen LogP contribution in [0.3, 0.4) is 0 Å². The number of nitrogens with two attached hydrogens (primary N) is 1. The van der Waals surface area contributed by atoms with E-state index < -0.39 is 12.0 Å². The average molecular weight is 207 g/mol. The van der Waals surface area contributed by atoms with Crippen LogP contribution in [0.4, 0.5) is 0 Å². The maximum Gasteiger partial charge on any atom is 0.328 e. The van der Waals surface area contributed by atoms with Gasteiger partial charge in [0.1, 0.15) is 17.5 Å². The molecule has 0 fully saturated rings. The van der Waals surface area contributed by atoms with Crippen LogP contribution in [0.25, 0.3) is 0 Å². The molecule has 0 bridgehead atoms. The molecular weight excluding hydrogens is 194 g/mol. The first-order chi connectivity index (χ1) is 7.13. The summed E-state index contributed by atoms with van der Waals surface area (Å²) in [5.41, 5.74) is 5.51. The molecule has 0 spiro atoms. The zero-order chi connectivity index (χ0) is 11.3. The van der Waals surface area contributed by atoms with Crippen molar-refractivity contribution in [2.75, 3.05) is 0 Å². The molecule has 0 amide bonds. The van der Waals surface area contributed by atoms with Crippen LogP contribution in [0.1, 0.15) is 6.42 Å². The van der Waals surface area contributed by atoms with E-state index in [1.54, 1.807) is 6.08 Å². The van der Waals surface area contributed by atoms with Crippen LogP contribution in [-0.4, -0.2) is 17.1 Å². The largest absolute Gasteiger partial charge is 0.508 e. The Kier molecular flexibility index (Phi) is 3.88. The second-order valence-electron chi connectivity index (χ2n) is 3.05. The fourth-order valence-corrected chi connectivity index (χ4v) is 0.982. The van der Waals surface area contributed by atoms with Crippen molar-refractivity contribution < 1.29 is 14.6 Å². The van der Waals surface area contributed by atoms with Crippen molar-refractivity contribution in [3.8, 4) is 11.5 Å². The van der Waals surface area contributed by atoms with Gasteiger partial charge in [0.05, 0.1) is 0 Å². The third kappa shape index (κ3) is 3.44. The van der Waals surface area contributed by atoms with Gasteiger partial charge in [-0.15, -0.1) is 6.58 Å². The van der Waals surface area contributed by atoms with E-state index in [0.717, 1.165) is 0 Å². The summed E-state index contributed by atoms with van der Waals surface area (Å²) < 4.78 is 4.96. The minimum atomic E-state index is -0.698. The third-order valence-corrected chi connectivity index (χ3v) is 1.78. The number of hydrogen-bond acceptors (Lipinski definition) is 4. The van der Waals surface area contributed by atoms with Gasteiger partial charge in [0.25, 0.3) is 0 Å². The molecule has 0 saturated heterocycles. The molecule has 1 aromatic rings. The van der Waals surface area contributed by atoms with Gasteiger partial charge < -0.3 is 15.6 Å². The fraction of sp³-hybridized carbons (Fsp3) is 0.182. The van der Waals surface area contributed by atoms with Gasteiger partial charge in [-0.05, 0) is 30.7 Å². The fourth-order valence-electron chi connectivity index (χ4n) is 0.982. The lowest BCUT2D eigenvalue weighted by Gasteiger charge is -2.08. The van der Waals surface area contributed by atoms with Gasteiger partial charge in [-0.2, -0.15) is 0 Å². The molecule has 0 aliphatic carbocycles. The highest BCUT2D eigenvalue weighted by atomic mass is 16.5. The Balaban J connectivity index is 2.58. The van der Waals surface area contributed by atoms with E-state index in [0.29, 0.717) is 12.2 Å². The molecule has 80 valence electrons. The van der Waals surface area contributed by atoms with Crippen molar-refractivity contribution >= 4 is 5.97 Å². The summed E-state index contributed by atoms with van der Waals surface area (Å²) in [6.45, 7) is 3.48. The number of benzene rings is 1. The van der Waals surface area contributed by atoms with Crippen molar-refractivity contribution in [1.82, 2.24) is 0 Å². The first-order valence-electron chi connectivity index (χ1n) is 4.50. The zero-order valence-corrected chi connectivity index (χ0v) is 8.22. The number of carbonyl (C=O) groups is 1. The van der Waals surface area contributed by atoms with E-state index in [-0.39, 0.29) is 5.75 Å². The lowest BCUT2D eigenvalue weighted by atomic mass is 10.2. The van der Waals surface area contributed by atoms with Gasteiger partial charge in [0, 0.05) is 0 Å². The summed E-state index contributed by atoms with van der Waals surface area (Å²) in [4.78, 5) is 11.3. The molecule has 4 nitrogen and oxygen atoms in total. The van der Waals surface area contributed by atoms with Gasteiger partial charge in [0.15, 0.2) is 0 Å². The molecule has 4 heteroatoms. The number of esters is 1. The van der Waals surface area contributed by atoms with Crippen LogP contribution in [0.2, 0.25) is 0 Å². The van der Waals surface area contributed by atoms with Gasteiger partial charge in [-0.3, -0.25) is 0 Å². The zero-order valence-electron chi connectivity index (χ0n) is 8.22. The Labute approximate surface area is 88.0 Å². The van der Waals surface area contributed by atoms with E-state index >= 15 is 0 Å². The Morgan fingerprint density at radius 1 is 1.53 bits per heavy atom. The number of hydrogen-bond donors (Lipinski definition) is 2. The second-order valence-corrected chi connectivity index (χ2v) is 3.05. The highest BCUT2D eigenvalue weighted by molar-refractivity contribution is 5.78. The van der Waals surface area contributed by atoms with Crippen molar-refractivity contribution in [3.05, 3.63) is 36.9 Å². The minimum Gasteiger partial charge on any atom is -0.508 e. The van der Waals surface area contributed by atoms with Gasteiger partial charge in [0.2, 0.25) is 0 Å². The van der Waals surface area contributed by atoms with Crippen LogP contribution in [-0.2, 0) is 4.79 Å². The van der Waals surface area contributed by atoms with E-state index in [1.807, 2.05) is 0 Å². The molecule has 15 heavy (non-hydrogen) atoms. The van der Waals surface area contributed by atoms with Crippen molar-refractivity contribution in [2.24, 2.45) is 5.73 Å². The predicted octanol–water partition coefficient (Wildman–Crippen LogP) is 1.20. The standard InChI is InChI=1S/C11H13NO3/c1-2-3-10(12)11(14)15-9-6-4-8(13)5-7-9/h2,4-7,10,13H,1,3,12H2. The molecule has 1 aromatic carbocycles. The van der Waals surface area contributed by atoms with Crippen LogP contribution in [0.15, 0.2) is 36.9 Å². The molecule has 0 heterocycles. The summed E-state index contributed by atoms with van der Waals surface area (Å²) in [6.07, 6.45) is 1.93. The van der Waals surface area contributed by atoms with Crippen LogP contribution >= 0.6 is 0 Å². The topological polar surface area (TPSA) is 72.6 Å². The number of ether oxygens (including phenoxy) is 1. The minimum absolute atomic E-state index is 0.116. The Hall–Kier alpha value is -1.81. The number of aromatic hydroxyl groups is 1. The first kappa shape index (κ1) is 11.3. The molecule has 0 radical (unpaired) electrons. The highest BCUT2D eigenvalue weighted by Crippen LogP contribution is 2.16. The first-order valence-corrected chi connectivity index (χ1v) is 4.50. The molecule has 0 aliphatic heterocycles. The predicted molar refractivity (Wildman–Crippen MR) is 56.5 cm³/mol. The Morgan fingerprint density at radius 2 is 2.13 bits per heavy atom. The summed E-state index contributed by atoms with van der Waals surface area (Å²) in [5.74, 6) is -0.0388. The number of carbonyl (C=O) groups excluding carboxylic acids is 1. The van der Waals surface area contributed by atoms with Gasteiger partial charge in [-0.1, -0.05) is 6.08 Å². The van der Waals surface area contributed by atoms with Crippen molar-refractivity contribution in [1.29, 1.82) is 0 Å². The molecule has 0 aliphatic rings. The van der Waals surface area contributed by atoms with Crippen LogP contribution in [0.5, 0.6) is 11.5 Å². The molecular formula is C11H13NO3. The van der Waals surface area contributed by atoms with Crippen LogP contribution in [0, 0.1) is 0 Å². The SMILES string of the molecule is C=CCC(N)C(=O)Oc1ccc(O)cc1. The summed E-state index contributed by atoms with van der Waals surface area (Å²) in [7, 11) is 0. The van der Waals surface area contributed by atoms with E-state index in [2.05, 4.69) is 6.58 Å². The molecule has 1 unspecified atom stereocenters. The normalized spacial score (nSPS) is 11.8. The van der Waals surface area contributed by atoms with Crippen molar-refractivity contribution in [3.63, 3.8) is 0 Å². The summed E-state index contributed by atoms with van der Waals surface area (Å²) >= 11 is 0. The lowest BCUT2D eigenvalue weighted by molar-refractivity contribution is -0.135. The van der Waals surface area contributed by atoms with Gasteiger partial charge >= 0.3 is 5.97 Å². The summed E-state index contributed by atoms with van der Waals surface area (Å²) in [6, 6.07) is 5.15. The van der Waals surface area contributed by atoms with E-state index in [4.69, 9.17) is 15.6 Å². The maximum absolute atomic E-state index is 11.3. The molecule has 1 rings (SSSR count). The average Bonchev–Trinajstić information content (AvgIpc) is 2.22. The highest BCUT2D eigenvalue weighted by Gasteiger charge is 2.13. The number of phenols is 1. The smallest absolute Gasteiger partial charge is 0.328 e. The summed E-state index contributed by atoms with van der Waals surface area (Å²) in [5, 5.41) is 9.01. The van der Waals surface area contributed by atoms with Crippen molar-refractivity contribution in [2.45, 2.75) is 12.5 Å². The Bertz CT molecular complexity index is 345. The quantitative estimate of drug-likeness (QED) is 0.442. The van der Waals surface area contributed by atoms with E-state index in [9.17, 15) is 4.79 Å². The lowest BCUT2D eigenvalue weighted by Crippen LogP contribution is -2.33. The third-order valence-electron chi connectivity index (χ3n) is 1.78. The van der Waals surface area contributed by atoms with Gasteiger partial charge in [-0.25, -0.2) is 4.79 Å². The number of rotatable bonds is 4. The van der Waals surface area contributed by atoms with E-state index in [1.165, 1.54) is 24.3 Å². The molecule has 1 atom stereocenters. The maximum atomic E-state index is 11.3. The second kappa shape index (κ2) is 5.17. The van der Waals surface area contributed by atoms with Crippen LogP contribution < -0.4 is 10.5 Å². The molecule has 0 saturated carbocycles.